The van der Waals surface area contributed by atoms with Crippen LogP contribution in [0.1, 0.15) is 58.8 Å². The fourth-order valence-electron chi connectivity index (χ4n) is 3.03. The molecule has 1 saturated heterocycles. The number of rotatable bonds is 7. The van der Waals surface area contributed by atoms with Crippen molar-refractivity contribution < 1.29 is 14.7 Å². The monoisotopic (exact) mass is 269 g/mol. The summed E-state index contributed by atoms with van der Waals surface area (Å²) < 4.78 is 0. The van der Waals surface area contributed by atoms with Crippen molar-refractivity contribution in [2.75, 3.05) is 13.1 Å². The molecule has 0 aliphatic carbocycles. The molecule has 1 N–H and O–H groups in total. The molecule has 0 saturated carbocycles. The molecule has 110 valence electrons. The number of carbonyl (C=O) groups excluding carboxylic acids is 1. The van der Waals surface area contributed by atoms with Gasteiger partial charge in [-0.25, -0.2) is 0 Å². The molecule has 1 amide bonds. The van der Waals surface area contributed by atoms with Crippen molar-refractivity contribution >= 4 is 11.9 Å². The van der Waals surface area contributed by atoms with Gasteiger partial charge in [0.1, 0.15) is 0 Å². The number of hydrogen-bond acceptors (Lipinski definition) is 2. The van der Waals surface area contributed by atoms with Gasteiger partial charge in [0.15, 0.2) is 0 Å². The second kappa shape index (κ2) is 8.18. The molecule has 1 aliphatic heterocycles. The van der Waals surface area contributed by atoms with E-state index in [0.717, 1.165) is 45.1 Å². The smallest absolute Gasteiger partial charge is 0.303 e. The van der Waals surface area contributed by atoms with Crippen molar-refractivity contribution in [2.24, 2.45) is 11.8 Å². The number of piperidine rings is 1. The lowest BCUT2D eigenvalue weighted by molar-refractivity contribution is -0.142. The minimum absolute atomic E-state index is 0.138. The molecule has 1 fully saturated rings. The van der Waals surface area contributed by atoms with Gasteiger partial charge < -0.3 is 10.0 Å². The van der Waals surface area contributed by atoms with Crippen LogP contribution >= 0.6 is 0 Å². The van der Waals surface area contributed by atoms with Gasteiger partial charge in [-0.15, -0.1) is 0 Å². The summed E-state index contributed by atoms with van der Waals surface area (Å²) in [5.41, 5.74) is 0. The van der Waals surface area contributed by atoms with E-state index in [0.29, 0.717) is 6.54 Å². The Hall–Kier alpha value is -1.06. The van der Waals surface area contributed by atoms with Crippen LogP contribution in [0.15, 0.2) is 0 Å². The predicted octanol–water partition coefficient (Wildman–Crippen LogP) is 2.92. The van der Waals surface area contributed by atoms with Crippen LogP contribution in [-0.2, 0) is 9.59 Å². The second-order valence-electron chi connectivity index (χ2n) is 5.66. The highest BCUT2D eigenvalue weighted by molar-refractivity contribution is 5.79. The first-order valence-corrected chi connectivity index (χ1v) is 7.59. The normalized spacial score (nSPS) is 19.7. The Morgan fingerprint density at radius 3 is 2.42 bits per heavy atom. The first-order valence-electron chi connectivity index (χ1n) is 7.59. The molecule has 19 heavy (non-hydrogen) atoms. The zero-order valence-electron chi connectivity index (χ0n) is 12.2. The maximum atomic E-state index is 12.5. The number of carbonyl (C=O) groups is 2. The van der Waals surface area contributed by atoms with Gasteiger partial charge in [-0.05, 0) is 31.6 Å². The zero-order valence-corrected chi connectivity index (χ0v) is 12.2. The van der Waals surface area contributed by atoms with Crippen molar-refractivity contribution in [3.63, 3.8) is 0 Å². The van der Waals surface area contributed by atoms with E-state index in [1.807, 2.05) is 4.90 Å². The molecule has 4 heteroatoms. The summed E-state index contributed by atoms with van der Waals surface area (Å²) in [5, 5.41) is 8.86. The number of hydrogen-bond donors (Lipinski definition) is 1. The molecule has 0 bridgehead atoms. The molecule has 4 nitrogen and oxygen atoms in total. The summed E-state index contributed by atoms with van der Waals surface area (Å²) in [5.74, 6) is -0.227. The topological polar surface area (TPSA) is 57.6 Å². The molecular weight excluding hydrogens is 242 g/mol. The Morgan fingerprint density at radius 1 is 1.26 bits per heavy atom. The van der Waals surface area contributed by atoms with Crippen molar-refractivity contribution in [2.45, 2.75) is 58.8 Å². The van der Waals surface area contributed by atoms with Crippen LogP contribution in [0, 0.1) is 11.8 Å². The lowest BCUT2D eigenvalue weighted by Gasteiger charge is -2.34. The molecule has 1 atom stereocenters. The number of likely N-dealkylation sites (tertiary alicyclic amines) is 1. The first kappa shape index (κ1) is 16.0. The minimum Gasteiger partial charge on any atom is -0.481 e. The van der Waals surface area contributed by atoms with Gasteiger partial charge in [0.05, 0.1) is 0 Å². The maximum Gasteiger partial charge on any atom is 0.303 e. The first-order chi connectivity index (χ1) is 9.08. The van der Waals surface area contributed by atoms with Crippen LogP contribution in [-0.4, -0.2) is 35.0 Å². The third kappa shape index (κ3) is 5.21. The van der Waals surface area contributed by atoms with Gasteiger partial charge in [-0.3, -0.25) is 9.59 Å². The van der Waals surface area contributed by atoms with E-state index < -0.39 is 5.97 Å². The average Bonchev–Trinajstić information content (AvgIpc) is 2.37. The summed E-state index contributed by atoms with van der Waals surface area (Å²) >= 11 is 0. The SMILES string of the molecule is CCCC(CCC)C(=O)N1CCCC(CC(=O)O)C1. The third-order valence-corrected chi connectivity index (χ3v) is 3.92. The van der Waals surface area contributed by atoms with E-state index in [1.165, 1.54) is 0 Å². The molecule has 0 radical (unpaired) electrons. The molecule has 0 aromatic carbocycles. The maximum absolute atomic E-state index is 12.5. The standard InChI is InChI=1S/C15H27NO3/c1-3-6-13(7-4-2)15(19)16-9-5-8-12(11-16)10-14(17)18/h12-13H,3-11H2,1-2H3,(H,17,18). The summed E-state index contributed by atoms with van der Waals surface area (Å²) in [6.07, 6.45) is 6.03. The quantitative estimate of drug-likeness (QED) is 0.773. The molecule has 1 rings (SSSR count). The Labute approximate surface area is 116 Å². The van der Waals surface area contributed by atoms with Crippen molar-refractivity contribution in [1.82, 2.24) is 4.90 Å². The lowest BCUT2D eigenvalue weighted by Crippen LogP contribution is -2.43. The van der Waals surface area contributed by atoms with Crippen LogP contribution in [0.5, 0.6) is 0 Å². The van der Waals surface area contributed by atoms with Gasteiger partial charge in [0, 0.05) is 25.4 Å². The number of aliphatic carboxylic acids is 1. The average molecular weight is 269 g/mol. The lowest BCUT2D eigenvalue weighted by atomic mass is 9.91. The number of amides is 1. The van der Waals surface area contributed by atoms with Gasteiger partial charge in [-0.2, -0.15) is 0 Å². The van der Waals surface area contributed by atoms with E-state index in [2.05, 4.69) is 13.8 Å². The highest BCUT2D eigenvalue weighted by Crippen LogP contribution is 2.24. The highest BCUT2D eigenvalue weighted by Gasteiger charge is 2.28. The van der Waals surface area contributed by atoms with Crippen LogP contribution < -0.4 is 0 Å². The Kier molecular flexibility index (Phi) is 6.89. The summed E-state index contributed by atoms with van der Waals surface area (Å²) in [6.45, 7) is 5.66. The molecule has 1 aliphatic rings. The highest BCUT2D eigenvalue weighted by atomic mass is 16.4. The molecule has 0 spiro atoms. The Bertz CT molecular complexity index is 298. The summed E-state index contributed by atoms with van der Waals surface area (Å²) in [7, 11) is 0. The van der Waals surface area contributed by atoms with E-state index in [1.54, 1.807) is 0 Å². The fraction of sp³-hybridized carbons (Fsp3) is 0.867. The number of nitrogens with zero attached hydrogens (tertiary/aromatic N) is 1. The van der Waals surface area contributed by atoms with Gasteiger partial charge in [0.25, 0.3) is 0 Å². The third-order valence-electron chi connectivity index (χ3n) is 3.92. The summed E-state index contributed by atoms with van der Waals surface area (Å²) in [4.78, 5) is 25.2. The molecule has 0 aromatic rings. The van der Waals surface area contributed by atoms with Crippen molar-refractivity contribution in [3.05, 3.63) is 0 Å². The van der Waals surface area contributed by atoms with E-state index in [9.17, 15) is 9.59 Å². The summed E-state index contributed by atoms with van der Waals surface area (Å²) in [6, 6.07) is 0. The second-order valence-corrected chi connectivity index (χ2v) is 5.66. The van der Waals surface area contributed by atoms with E-state index in [4.69, 9.17) is 5.11 Å². The van der Waals surface area contributed by atoms with Gasteiger partial charge in [-0.1, -0.05) is 26.7 Å². The molecular formula is C15H27NO3. The molecule has 1 unspecified atom stereocenters. The van der Waals surface area contributed by atoms with Gasteiger partial charge in [0.2, 0.25) is 5.91 Å². The predicted molar refractivity (Wildman–Crippen MR) is 74.9 cm³/mol. The van der Waals surface area contributed by atoms with Crippen molar-refractivity contribution in [3.8, 4) is 0 Å². The van der Waals surface area contributed by atoms with E-state index >= 15 is 0 Å². The fourth-order valence-corrected chi connectivity index (χ4v) is 3.03. The number of carboxylic acid groups (broad SMARTS) is 1. The van der Waals surface area contributed by atoms with Crippen LogP contribution in [0.3, 0.4) is 0 Å². The number of carboxylic acids is 1. The Balaban J connectivity index is 2.56. The van der Waals surface area contributed by atoms with Crippen LogP contribution in [0.25, 0.3) is 0 Å². The molecule has 0 aromatic heterocycles. The van der Waals surface area contributed by atoms with Crippen LogP contribution in [0.2, 0.25) is 0 Å². The van der Waals surface area contributed by atoms with Gasteiger partial charge >= 0.3 is 5.97 Å². The van der Waals surface area contributed by atoms with Crippen LogP contribution in [0.4, 0.5) is 0 Å². The zero-order chi connectivity index (χ0) is 14.3. The Morgan fingerprint density at radius 2 is 1.89 bits per heavy atom. The van der Waals surface area contributed by atoms with Crippen molar-refractivity contribution in [1.29, 1.82) is 0 Å². The minimum atomic E-state index is -0.752. The largest absolute Gasteiger partial charge is 0.481 e. The van der Waals surface area contributed by atoms with E-state index in [-0.39, 0.29) is 24.2 Å². The molecule has 1 heterocycles.